The van der Waals surface area contributed by atoms with Gasteiger partial charge in [-0.2, -0.15) is 0 Å². The molecular formula is C26H31N5O. The minimum atomic E-state index is 0.211. The second-order valence-electron chi connectivity index (χ2n) is 8.42. The van der Waals surface area contributed by atoms with Crippen LogP contribution in [0.1, 0.15) is 48.8 Å². The summed E-state index contributed by atoms with van der Waals surface area (Å²) >= 11 is 0. The number of unbranched alkanes of at least 4 members (excludes halogenated alkanes) is 2. The molecule has 0 radical (unpaired) electrons. The van der Waals surface area contributed by atoms with Crippen molar-refractivity contribution in [2.75, 3.05) is 24.7 Å². The first-order chi connectivity index (χ1) is 15.5. The fraction of sp³-hybridized carbons (Fsp3) is 0.346. The summed E-state index contributed by atoms with van der Waals surface area (Å²) in [5.74, 6) is 1.72. The van der Waals surface area contributed by atoms with Gasteiger partial charge in [-0.3, -0.25) is 4.79 Å². The smallest absolute Gasteiger partial charge is 0.162 e. The Labute approximate surface area is 189 Å². The van der Waals surface area contributed by atoms with Crippen LogP contribution in [0, 0.1) is 0 Å². The molecule has 4 rings (SSSR count). The summed E-state index contributed by atoms with van der Waals surface area (Å²) in [7, 11) is 4.00. The van der Waals surface area contributed by atoms with E-state index < -0.39 is 0 Å². The quantitative estimate of drug-likeness (QED) is 0.291. The number of nitrogens with two attached hydrogens (primary N) is 1. The zero-order chi connectivity index (χ0) is 22.7. The van der Waals surface area contributed by atoms with Gasteiger partial charge in [-0.1, -0.05) is 31.5 Å². The molecule has 32 heavy (non-hydrogen) atoms. The Morgan fingerprint density at radius 3 is 2.47 bits per heavy atom. The molecule has 2 N–H and O–H groups in total. The minimum absolute atomic E-state index is 0.211. The molecule has 2 aromatic heterocycles. The first-order valence-corrected chi connectivity index (χ1v) is 11.3. The maximum atomic E-state index is 12.5. The molecule has 0 spiro atoms. The van der Waals surface area contributed by atoms with Gasteiger partial charge < -0.3 is 15.2 Å². The molecule has 0 bridgehead atoms. The number of anilines is 2. The predicted molar refractivity (Wildman–Crippen MR) is 132 cm³/mol. The van der Waals surface area contributed by atoms with Crippen LogP contribution in [-0.4, -0.2) is 34.4 Å². The van der Waals surface area contributed by atoms with Crippen molar-refractivity contribution >= 4 is 39.2 Å². The molecule has 0 amide bonds. The van der Waals surface area contributed by atoms with Crippen LogP contribution in [0.4, 0.5) is 11.5 Å². The van der Waals surface area contributed by atoms with E-state index in [4.69, 9.17) is 10.7 Å². The third kappa shape index (κ3) is 4.31. The number of carbonyl (C=O) groups is 1. The van der Waals surface area contributed by atoms with Gasteiger partial charge in [-0.05, 0) is 43.2 Å². The largest absolute Gasteiger partial charge is 0.382 e. The molecule has 0 aliphatic carbocycles. The van der Waals surface area contributed by atoms with E-state index in [2.05, 4.69) is 22.5 Å². The molecule has 0 saturated carbocycles. The molecule has 2 aromatic carbocycles. The van der Waals surface area contributed by atoms with Crippen LogP contribution < -0.4 is 10.6 Å². The molecule has 4 aromatic rings. The van der Waals surface area contributed by atoms with Gasteiger partial charge in [-0.25, -0.2) is 9.97 Å². The molecule has 2 heterocycles. The molecule has 6 nitrogen and oxygen atoms in total. The number of ketones is 1. The number of rotatable bonds is 9. The third-order valence-corrected chi connectivity index (χ3v) is 6.00. The number of carbonyl (C=O) groups excluding carboxylic acids is 1. The number of benzene rings is 2. The van der Waals surface area contributed by atoms with Gasteiger partial charge in [0.25, 0.3) is 0 Å². The molecule has 0 fully saturated rings. The van der Waals surface area contributed by atoms with Gasteiger partial charge in [0.15, 0.2) is 11.6 Å². The fourth-order valence-electron chi connectivity index (χ4n) is 4.24. The van der Waals surface area contributed by atoms with Gasteiger partial charge in [-0.15, -0.1) is 0 Å². The maximum Gasteiger partial charge on any atom is 0.162 e. The SMILES string of the molecule is CCc1nc2c(N)nc3ccccc3c2n1CCCCCC(=O)c1ccc(N(C)C)cc1. The number of nitrogen functional groups attached to an aromatic ring is 1. The summed E-state index contributed by atoms with van der Waals surface area (Å²) in [6.07, 6.45) is 4.27. The van der Waals surface area contributed by atoms with E-state index >= 15 is 0 Å². The Morgan fingerprint density at radius 2 is 1.75 bits per heavy atom. The molecule has 0 aliphatic heterocycles. The Bertz CT molecular complexity index is 1240. The number of hydrogen-bond acceptors (Lipinski definition) is 5. The normalized spacial score (nSPS) is 11.3. The third-order valence-electron chi connectivity index (χ3n) is 6.00. The van der Waals surface area contributed by atoms with E-state index in [0.717, 1.165) is 71.2 Å². The van der Waals surface area contributed by atoms with Crippen LogP contribution in [0.3, 0.4) is 0 Å². The lowest BCUT2D eigenvalue weighted by Gasteiger charge is -2.12. The van der Waals surface area contributed by atoms with E-state index in [9.17, 15) is 4.79 Å². The van der Waals surface area contributed by atoms with Crippen molar-refractivity contribution in [2.45, 2.75) is 45.6 Å². The van der Waals surface area contributed by atoms with Crippen LogP contribution in [0.15, 0.2) is 48.5 Å². The highest BCUT2D eigenvalue weighted by atomic mass is 16.1. The van der Waals surface area contributed by atoms with Crippen LogP contribution >= 0.6 is 0 Å². The van der Waals surface area contributed by atoms with Crippen LogP contribution in [0.2, 0.25) is 0 Å². The number of hydrogen-bond donors (Lipinski definition) is 1. The number of imidazole rings is 1. The Balaban J connectivity index is 1.42. The predicted octanol–water partition coefficient (Wildman–Crippen LogP) is 5.24. The van der Waals surface area contributed by atoms with E-state index in [-0.39, 0.29) is 5.78 Å². The number of Topliss-reactive ketones (excluding diaryl/α,β-unsaturated/α-hetero) is 1. The summed E-state index contributed by atoms with van der Waals surface area (Å²) in [6.45, 7) is 2.97. The van der Waals surface area contributed by atoms with E-state index in [1.807, 2.05) is 61.5 Å². The monoisotopic (exact) mass is 429 g/mol. The Kier molecular flexibility index (Phi) is 6.40. The van der Waals surface area contributed by atoms with Crippen molar-refractivity contribution in [1.82, 2.24) is 14.5 Å². The fourth-order valence-corrected chi connectivity index (χ4v) is 4.24. The second kappa shape index (κ2) is 9.39. The highest BCUT2D eigenvalue weighted by molar-refractivity contribution is 6.06. The highest BCUT2D eigenvalue weighted by Gasteiger charge is 2.16. The molecule has 0 aliphatic rings. The van der Waals surface area contributed by atoms with Crippen molar-refractivity contribution < 1.29 is 4.79 Å². The van der Waals surface area contributed by atoms with E-state index in [1.165, 1.54) is 0 Å². The Hall–Kier alpha value is -3.41. The summed E-state index contributed by atoms with van der Waals surface area (Å²) in [6, 6.07) is 15.9. The Morgan fingerprint density at radius 1 is 1.00 bits per heavy atom. The van der Waals surface area contributed by atoms with Gasteiger partial charge in [0.2, 0.25) is 0 Å². The standard InChI is InChI=1S/C26H31N5O/c1-4-23-29-24-25(20-10-7-8-11-21(20)28-26(24)27)31(23)17-9-5-6-12-22(32)18-13-15-19(16-14-18)30(2)3/h7-8,10-11,13-16H,4-6,9,12,17H2,1-3H3,(H2,27,28). The highest BCUT2D eigenvalue weighted by Crippen LogP contribution is 2.29. The molecule has 166 valence electrons. The minimum Gasteiger partial charge on any atom is -0.382 e. The number of aromatic nitrogens is 3. The van der Waals surface area contributed by atoms with Crippen molar-refractivity contribution in [3.63, 3.8) is 0 Å². The van der Waals surface area contributed by atoms with Crippen molar-refractivity contribution in [1.29, 1.82) is 0 Å². The van der Waals surface area contributed by atoms with E-state index in [1.54, 1.807) is 0 Å². The zero-order valence-electron chi connectivity index (χ0n) is 19.1. The van der Waals surface area contributed by atoms with Crippen molar-refractivity contribution in [2.24, 2.45) is 0 Å². The number of para-hydroxylation sites is 1. The lowest BCUT2D eigenvalue weighted by molar-refractivity contribution is 0.0979. The number of pyridine rings is 1. The summed E-state index contributed by atoms with van der Waals surface area (Å²) < 4.78 is 2.29. The van der Waals surface area contributed by atoms with Gasteiger partial charge in [0.1, 0.15) is 11.3 Å². The zero-order valence-corrected chi connectivity index (χ0v) is 19.1. The summed E-state index contributed by atoms with van der Waals surface area (Å²) in [5.41, 5.74) is 10.9. The first kappa shape index (κ1) is 21.8. The lowest BCUT2D eigenvalue weighted by atomic mass is 10.0. The van der Waals surface area contributed by atoms with Crippen LogP contribution in [0.25, 0.3) is 21.9 Å². The van der Waals surface area contributed by atoms with E-state index in [0.29, 0.717) is 12.2 Å². The number of aryl methyl sites for hydroxylation is 2. The van der Waals surface area contributed by atoms with Crippen molar-refractivity contribution in [3.05, 3.63) is 59.9 Å². The van der Waals surface area contributed by atoms with Gasteiger partial charge in [0.05, 0.1) is 11.0 Å². The summed E-state index contributed by atoms with van der Waals surface area (Å²) in [5, 5.41) is 1.08. The number of nitrogens with zero attached hydrogens (tertiary/aromatic N) is 4. The lowest BCUT2D eigenvalue weighted by Crippen LogP contribution is -2.09. The average Bonchev–Trinajstić information content (AvgIpc) is 3.18. The van der Waals surface area contributed by atoms with Crippen LogP contribution in [-0.2, 0) is 13.0 Å². The average molecular weight is 430 g/mol. The molecule has 0 atom stereocenters. The molecule has 0 unspecified atom stereocenters. The van der Waals surface area contributed by atoms with Gasteiger partial charge >= 0.3 is 0 Å². The number of fused-ring (bicyclic) bond motifs is 3. The topological polar surface area (TPSA) is 77.0 Å². The first-order valence-electron chi connectivity index (χ1n) is 11.3. The maximum absolute atomic E-state index is 12.5. The second-order valence-corrected chi connectivity index (χ2v) is 8.42. The summed E-state index contributed by atoms with van der Waals surface area (Å²) in [4.78, 5) is 23.9. The molecule has 6 heteroatoms. The van der Waals surface area contributed by atoms with Crippen LogP contribution in [0.5, 0.6) is 0 Å². The molecular weight excluding hydrogens is 398 g/mol. The molecule has 0 saturated heterocycles. The van der Waals surface area contributed by atoms with Gasteiger partial charge in [0, 0.05) is 50.1 Å². The van der Waals surface area contributed by atoms with Crippen molar-refractivity contribution in [3.8, 4) is 0 Å².